The van der Waals surface area contributed by atoms with Crippen LogP contribution in [0, 0.1) is 25.7 Å². The van der Waals surface area contributed by atoms with Crippen LogP contribution in [0.2, 0.25) is 0 Å². The molecule has 3 N–H and O–H groups in total. The van der Waals surface area contributed by atoms with Crippen LogP contribution in [0.4, 0.5) is 5.69 Å². The van der Waals surface area contributed by atoms with E-state index in [0.29, 0.717) is 19.4 Å². The summed E-state index contributed by atoms with van der Waals surface area (Å²) >= 11 is 5.38. The summed E-state index contributed by atoms with van der Waals surface area (Å²) in [4.78, 5) is 42.7. The first-order valence-corrected chi connectivity index (χ1v) is 13.9. The fourth-order valence-electron chi connectivity index (χ4n) is 5.91. The molecule has 9 heteroatoms. The number of fused-ring (bicyclic) bond motifs is 1. The maximum absolute atomic E-state index is 13.9. The fraction of sp³-hybridized carbons (Fsp3) is 0.640. The molecule has 3 heterocycles. The molecule has 1 spiro atoms. The second kappa shape index (κ2) is 9.82. The smallest absolute Gasteiger partial charge is 0.248 e. The molecule has 0 radical (unpaired) electrons. The van der Waals surface area contributed by atoms with Crippen LogP contribution in [0.25, 0.3) is 0 Å². The van der Waals surface area contributed by atoms with E-state index in [1.54, 1.807) is 16.7 Å². The van der Waals surface area contributed by atoms with Gasteiger partial charge in [-0.2, -0.15) is 0 Å². The van der Waals surface area contributed by atoms with Gasteiger partial charge in [-0.3, -0.25) is 14.4 Å². The van der Waals surface area contributed by atoms with Crippen LogP contribution < -0.4 is 10.6 Å². The summed E-state index contributed by atoms with van der Waals surface area (Å²) in [7, 11) is 0. The second-order valence-electron chi connectivity index (χ2n) is 9.75. The van der Waals surface area contributed by atoms with Gasteiger partial charge in [-0.1, -0.05) is 41.9 Å². The van der Waals surface area contributed by atoms with E-state index in [1.165, 1.54) is 0 Å². The first-order valence-electron chi connectivity index (χ1n) is 12.1. The third kappa shape index (κ3) is 3.97. The highest BCUT2D eigenvalue weighted by Crippen LogP contribution is 2.68. The van der Waals surface area contributed by atoms with Gasteiger partial charge in [-0.15, -0.1) is 11.8 Å². The Bertz CT molecular complexity index is 987. The van der Waals surface area contributed by atoms with Crippen LogP contribution in [0.1, 0.15) is 44.2 Å². The van der Waals surface area contributed by atoms with Crippen molar-refractivity contribution in [2.75, 3.05) is 18.5 Å². The molecule has 0 saturated carbocycles. The molecule has 1 aromatic carbocycles. The van der Waals surface area contributed by atoms with Crippen LogP contribution in [0.3, 0.4) is 0 Å². The van der Waals surface area contributed by atoms with Gasteiger partial charge in [0.1, 0.15) is 6.04 Å². The number of amides is 3. The van der Waals surface area contributed by atoms with Crippen LogP contribution in [-0.2, 0) is 14.4 Å². The van der Waals surface area contributed by atoms with Crippen molar-refractivity contribution >= 4 is 51.1 Å². The minimum absolute atomic E-state index is 0.0316. The van der Waals surface area contributed by atoms with E-state index < -0.39 is 28.7 Å². The third-order valence-corrected chi connectivity index (χ3v) is 10.8. The number of halogens is 1. The van der Waals surface area contributed by atoms with E-state index in [9.17, 15) is 19.5 Å². The quantitative estimate of drug-likeness (QED) is 0.431. The van der Waals surface area contributed by atoms with E-state index in [1.807, 2.05) is 45.9 Å². The molecule has 1 aromatic rings. The summed E-state index contributed by atoms with van der Waals surface area (Å²) < 4.78 is -0.714. The van der Waals surface area contributed by atoms with Crippen LogP contribution in [0.5, 0.6) is 0 Å². The monoisotopic (exact) mass is 551 g/mol. The number of anilines is 1. The standard InChI is InChI=1S/C25H34BrN3O4S/c1-5-9-27-22(31)18-19-24(33)29(15(6-2)12-30)21(25(19)11-16(26)20(18)34-25)23(32)28-17-10-13(3)7-8-14(17)4/h7-8,10,15-16,18-21,30H,5-6,9,11-12H2,1-4H3,(H,27,31)(H,28,32)/t15-,16?,18+,19-,20+,21?,25?/m0/s1. The number of carbonyl (C=O) groups is 3. The molecular weight excluding hydrogens is 518 g/mol. The number of carbonyl (C=O) groups excluding carboxylic acids is 3. The van der Waals surface area contributed by atoms with Crippen molar-refractivity contribution in [3.8, 4) is 0 Å². The first-order chi connectivity index (χ1) is 16.2. The van der Waals surface area contributed by atoms with Gasteiger partial charge in [-0.25, -0.2) is 0 Å². The lowest BCUT2D eigenvalue weighted by Crippen LogP contribution is -2.55. The van der Waals surface area contributed by atoms with Crippen LogP contribution in [-0.4, -0.2) is 67.8 Å². The molecule has 3 amide bonds. The average Bonchev–Trinajstić information content (AvgIpc) is 3.39. The number of nitrogens with zero attached hydrogens (tertiary/aromatic N) is 1. The van der Waals surface area contributed by atoms with Gasteiger partial charge >= 0.3 is 0 Å². The van der Waals surface area contributed by atoms with Crippen molar-refractivity contribution in [1.82, 2.24) is 10.2 Å². The summed E-state index contributed by atoms with van der Waals surface area (Å²) in [5, 5.41) is 16.1. The molecule has 3 saturated heterocycles. The minimum atomic E-state index is -0.763. The van der Waals surface area contributed by atoms with Crippen molar-refractivity contribution in [2.24, 2.45) is 11.8 Å². The molecule has 7 nitrogen and oxygen atoms in total. The lowest BCUT2D eigenvalue weighted by atomic mass is 9.70. The molecule has 4 rings (SSSR count). The number of aryl methyl sites for hydroxylation is 2. The van der Waals surface area contributed by atoms with Crippen molar-refractivity contribution in [2.45, 2.75) is 73.9 Å². The Morgan fingerprint density at radius 2 is 2.03 bits per heavy atom. The highest BCUT2D eigenvalue weighted by atomic mass is 79.9. The van der Waals surface area contributed by atoms with Gasteiger partial charge in [0, 0.05) is 22.3 Å². The highest BCUT2D eigenvalue weighted by Gasteiger charge is 2.76. The zero-order valence-electron chi connectivity index (χ0n) is 20.1. The molecule has 0 aliphatic carbocycles. The van der Waals surface area contributed by atoms with Crippen molar-refractivity contribution < 1.29 is 19.5 Å². The van der Waals surface area contributed by atoms with E-state index in [4.69, 9.17) is 0 Å². The van der Waals surface area contributed by atoms with E-state index in [2.05, 4.69) is 26.6 Å². The Hall–Kier alpha value is -1.58. The molecule has 186 valence electrons. The topological polar surface area (TPSA) is 98.7 Å². The summed E-state index contributed by atoms with van der Waals surface area (Å²) in [6.45, 7) is 8.14. The lowest BCUT2D eigenvalue weighted by molar-refractivity contribution is -0.142. The number of hydrogen-bond donors (Lipinski definition) is 3. The highest BCUT2D eigenvalue weighted by molar-refractivity contribution is 9.09. The third-order valence-electron chi connectivity index (χ3n) is 7.55. The Morgan fingerprint density at radius 3 is 2.68 bits per heavy atom. The zero-order valence-corrected chi connectivity index (χ0v) is 22.5. The Labute approximate surface area is 213 Å². The van der Waals surface area contributed by atoms with Gasteiger partial charge < -0.3 is 20.6 Å². The van der Waals surface area contributed by atoms with E-state index >= 15 is 0 Å². The molecule has 3 aliphatic heterocycles. The number of hydrogen-bond acceptors (Lipinski definition) is 5. The van der Waals surface area contributed by atoms with Gasteiger partial charge in [0.15, 0.2) is 0 Å². The average molecular weight is 553 g/mol. The zero-order chi connectivity index (χ0) is 24.8. The Balaban J connectivity index is 1.76. The van der Waals surface area contributed by atoms with Crippen molar-refractivity contribution in [3.63, 3.8) is 0 Å². The molecule has 34 heavy (non-hydrogen) atoms. The summed E-state index contributed by atoms with van der Waals surface area (Å²) in [5.41, 5.74) is 2.69. The maximum atomic E-state index is 13.9. The van der Waals surface area contributed by atoms with Gasteiger partial charge in [0.25, 0.3) is 0 Å². The molecule has 7 atom stereocenters. The Morgan fingerprint density at radius 1 is 1.29 bits per heavy atom. The maximum Gasteiger partial charge on any atom is 0.248 e. The van der Waals surface area contributed by atoms with Crippen molar-refractivity contribution in [1.29, 1.82) is 0 Å². The molecular formula is C25H34BrN3O4S. The predicted octanol–water partition coefficient (Wildman–Crippen LogP) is 3.00. The minimum Gasteiger partial charge on any atom is -0.394 e. The SMILES string of the molecule is CCCNC(=O)[C@H]1[C@@H]2SC3(CC2Br)C(C(=O)Nc2cc(C)ccc2C)N([C@@H](CC)CO)C(=O)[C@H]13. The molecule has 0 aromatic heterocycles. The Kier molecular flexibility index (Phi) is 7.37. The van der Waals surface area contributed by atoms with Gasteiger partial charge in [0.05, 0.1) is 29.2 Å². The molecule has 3 aliphatic rings. The fourth-order valence-corrected chi connectivity index (χ4v) is 9.51. The number of thioether (sulfide) groups is 1. The molecule has 2 bridgehead atoms. The summed E-state index contributed by atoms with van der Waals surface area (Å²) in [5.74, 6) is -1.63. The van der Waals surface area contributed by atoms with Gasteiger partial charge in [0.2, 0.25) is 17.7 Å². The van der Waals surface area contributed by atoms with Crippen molar-refractivity contribution in [3.05, 3.63) is 29.3 Å². The number of aliphatic hydroxyl groups excluding tert-OH is 1. The van der Waals surface area contributed by atoms with E-state index in [-0.39, 0.29) is 34.4 Å². The van der Waals surface area contributed by atoms with Crippen LogP contribution >= 0.6 is 27.7 Å². The van der Waals surface area contributed by atoms with Crippen LogP contribution in [0.15, 0.2) is 18.2 Å². The number of aliphatic hydroxyl groups is 1. The predicted molar refractivity (Wildman–Crippen MR) is 138 cm³/mol. The number of likely N-dealkylation sites (tertiary alicyclic amines) is 1. The second-order valence-corrected chi connectivity index (χ2v) is 12.5. The lowest BCUT2D eigenvalue weighted by Gasteiger charge is -2.37. The van der Waals surface area contributed by atoms with Gasteiger partial charge in [-0.05, 0) is 50.3 Å². The first kappa shape index (κ1) is 25.5. The summed E-state index contributed by atoms with van der Waals surface area (Å²) in [6, 6.07) is 4.65. The summed E-state index contributed by atoms with van der Waals surface area (Å²) in [6.07, 6.45) is 1.96. The number of rotatable bonds is 8. The number of nitrogens with one attached hydrogen (secondary N) is 2. The number of benzene rings is 1. The normalized spacial score (nSPS) is 32.6. The molecule has 3 fully saturated rings. The number of alkyl halides is 1. The largest absolute Gasteiger partial charge is 0.394 e. The molecule has 3 unspecified atom stereocenters. The van der Waals surface area contributed by atoms with E-state index in [0.717, 1.165) is 23.2 Å².